The summed E-state index contributed by atoms with van der Waals surface area (Å²) in [4.78, 5) is 12.0. The van der Waals surface area contributed by atoms with E-state index in [0.717, 1.165) is 15.2 Å². The van der Waals surface area contributed by atoms with Crippen molar-refractivity contribution in [3.63, 3.8) is 0 Å². The maximum atomic E-state index is 13.7. The Balaban J connectivity index is 2.26. The summed E-state index contributed by atoms with van der Waals surface area (Å²) in [5, 5.41) is 11.3. The van der Waals surface area contributed by atoms with Gasteiger partial charge in [-0.1, -0.05) is 0 Å². The first-order chi connectivity index (χ1) is 9.51. The van der Waals surface area contributed by atoms with E-state index in [0.29, 0.717) is 5.69 Å². The van der Waals surface area contributed by atoms with Gasteiger partial charge in [-0.15, -0.1) is 0 Å². The van der Waals surface area contributed by atoms with Crippen LogP contribution < -0.4 is 5.32 Å². The van der Waals surface area contributed by atoms with Crippen molar-refractivity contribution in [3.05, 3.63) is 62.5 Å². The van der Waals surface area contributed by atoms with Crippen LogP contribution in [0.2, 0.25) is 0 Å². The molecule has 1 amide bonds. The lowest BCUT2D eigenvalue weighted by Crippen LogP contribution is -2.14. The van der Waals surface area contributed by atoms with Gasteiger partial charge in [0.05, 0.1) is 17.2 Å². The van der Waals surface area contributed by atoms with Crippen LogP contribution in [0, 0.1) is 27.6 Å². The number of nitrogens with one attached hydrogen (secondary N) is 1. The molecule has 0 radical (unpaired) electrons. The number of amides is 1. The molecule has 0 aromatic heterocycles. The molecule has 0 aliphatic carbocycles. The Morgan fingerprint density at radius 3 is 2.65 bits per heavy atom. The second-order valence-corrected chi connectivity index (χ2v) is 5.47. The van der Waals surface area contributed by atoms with Crippen LogP contribution in [-0.4, -0.2) is 5.91 Å². The molecule has 0 atom stereocenters. The van der Waals surface area contributed by atoms with Crippen LogP contribution in [0.4, 0.5) is 10.1 Å². The van der Waals surface area contributed by atoms with Crippen molar-refractivity contribution in [2.45, 2.75) is 6.92 Å². The minimum absolute atomic E-state index is 0.0815. The first kappa shape index (κ1) is 14.5. The Bertz CT molecular complexity index is 722. The summed E-state index contributed by atoms with van der Waals surface area (Å²) in [5.74, 6) is -1.24. The molecule has 100 valence electrons. The van der Waals surface area contributed by atoms with Gasteiger partial charge in [-0.05, 0) is 71.5 Å². The average Bonchev–Trinajstić information content (AvgIpc) is 2.41. The van der Waals surface area contributed by atoms with Gasteiger partial charge in [0.25, 0.3) is 5.91 Å². The van der Waals surface area contributed by atoms with Crippen molar-refractivity contribution >= 4 is 34.2 Å². The number of nitriles is 1. The molecule has 2 rings (SSSR count). The van der Waals surface area contributed by atoms with Crippen LogP contribution in [0.5, 0.6) is 0 Å². The van der Waals surface area contributed by atoms with E-state index >= 15 is 0 Å². The molecule has 0 heterocycles. The third-order valence-corrected chi connectivity index (χ3v) is 3.45. The number of anilines is 1. The molecule has 0 saturated heterocycles. The predicted octanol–water partition coefficient (Wildman–Crippen LogP) is 3.86. The van der Waals surface area contributed by atoms with Crippen molar-refractivity contribution in [2.24, 2.45) is 0 Å². The molecule has 5 heteroatoms. The van der Waals surface area contributed by atoms with Crippen LogP contribution >= 0.6 is 22.6 Å². The zero-order chi connectivity index (χ0) is 14.7. The first-order valence-electron chi connectivity index (χ1n) is 5.78. The van der Waals surface area contributed by atoms with Crippen molar-refractivity contribution in [1.29, 1.82) is 5.26 Å². The van der Waals surface area contributed by atoms with E-state index < -0.39 is 11.7 Å². The van der Waals surface area contributed by atoms with Crippen LogP contribution in [0.1, 0.15) is 21.5 Å². The molecule has 20 heavy (non-hydrogen) atoms. The minimum atomic E-state index is -0.704. The smallest absolute Gasteiger partial charge is 0.258 e. The highest BCUT2D eigenvalue weighted by Crippen LogP contribution is 2.19. The molecule has 2 aromatic rings. The summed E-state index contributed by atoms with van der Waals surface area (Å²) in [6.07, 6.45) is 0. The van der Waals surface area contributed by atoms with E-state index in [1.807, 2.05) is 25.1 Å². The van der Waals surface area contributed by atoms with Crippen LogP contribution in [0.25, 0.3) is 0 Å². The summed E-state index contributed by atoms with van der Waals surface area (Å²) in [5.41, 5.74) is 1.64. The number of hydrogen-bond donors (Lipinski definition) is 1. The van der Waals surface area contributed by atoms with Gasteiger partial charge < -0.3 is 5.32 Å². The van der Waals surface area contributed by atoms with Crippen molar-refractivity contribution in [3.8, 4) is 6.07 Å². The maximum Gasteiger partial charge on any atom is 0.258 e. The van der Waals surface area contributed by atoms with E-state index in [1.165, 1.54) is 12.1 Å². The van der Waals surface area contributed by atoms with Crippen molar-refractivity contribution in [1.82, 2.24) is 0 Å². The summed E-state index contributed by atoms with van der Waals surface area (Å²) in [7, 11) is 0. The van der Waals surface area contributed by atoms with Gasteiger partial charge in [0.15, 0.2) is 0 Å². The van der Waals surface area contributed by atoms with E-state index in [4.69, 9.17) is 5.26 Å². The fourth-order valence-corrected chi connectivity index (χ4v) is 2.37. The number of carbonyl (C=O) groups is 1. The lowest BCUT2D eigenvalue weighted by Gasteiger charge is -2.09. The Hall–Kier alpha value is -1.94. The lowest BCUT2D eigenvalue weighted by atomic mass is 10.1. The second-order valence-electron chi connectivity index (χ2n) is 4.22. The summed E-state index contributed by atoms with van der Waals surface area (Å²) in [6.45, 7) is 1.87. The third-order valence-electron chi connectivity index (χ3n) is 2.78. The fraction of sp³-hybridized carbons (Fsp3) is 0.0667. The molecule has 2 aromatic carbocycles. The van der Waals surface area contributed by atoms with Gasteiger partial charge >= 0.3 is 0 Å². The van der Waals surface area contributed by atoms with E-state index in [2.05, 4.69) is 27.9 Å². The molecular formula is C15H10FIN2O. The molecule has 3 nitrogen and oxygen atoms in total. The zero-order valence-corrected chi connectivity index (χ0v) is 12.7. The van der Waals surface area contributed by atoms with E-state index in [1.54, 1.807) is 6.07 Å². The van der Waals surface area contributed by atoms with Gasteiger partial charge in [-0.2, -0.15) is 5.26 Å². The highest BCUT2D eigenvalue weighted by atomic mass is 127. The largest absolute Gasteiger partial charge is 0.322 e. The van der Waals surface area contributed by atoms with Gasteiger partial charge in [-0.25, -0.2) is 4.39 Å². The van der Waals surface area contributed by atoms with E-state index in [9.17, 15) is 9.18 Å². The van der Waals surface area contributed by atoms with Crippen LogP contribution in [0.15, 0.2) is 36.4 Å². The molecule has 0 spiro atoms. The van der Waals surface area contributed by atoms with Gasteiger partial charge in [0.1, 0.15) is 5.82 Å². The lowest BCUT2D eigenvalue weighted by molar-refractivity contribution is 0.102. The Kier molecular flexibility index (Phi) is 4.35. The molecule has 0 fully saturated rings. The summed E-state index contributed by atoms with van der Waals surface area (Å²) >= 11 is 2.18. The summed E-state index contributed by atoms with van der Waals surface area (Å²) < 4.78 is 14.8. The standard InChI is InChI=1S/C15H10FIN2O/c1-9-6-11(17)3-5-14(9)19-15(20)12-4-2-10(8-18)7-13(12)16/h2-7H,1H3,(H,19,20). The van der Waals surface area contributed by atoms with E-state index in [-0.39, 0.29) is 11.1 Å². The highest BCUT2D eigenvalue weighted by molar-refractivity contribution is 14.1. The molecule has 1 N–H and O–H groups in total. The number of benzene rings is 2. The topological polar surface area (TPSA) is 52.9 Å². The third kappa shape index (κ3) is 3.14. The molecule has 0 saturated carbocycles. The molecular weight excluding hydrogens is 370 g/mol. The number of carbonyl (C=O) groups excluding carboxylic acids is 1. The number of hydrogen-bond acceptors (Lipinski definition) is 2. The average molecular weight is 380 g/mol. The highest BCUT2D eigenvalue weighted by Gasteiger charge is 2.13. The van der Waals surface area contributed by atoms with Crippen molar-refractivity contribution < 1.29 is 9.18 Å². The van der Waals surface area contributed by atoms with Gasteiger partial charge in [-0.3, -0.25) is 4.79 Å². The monoisotopic (exact) mass is 380 g/mol. The Morgan fingerprint density at radius 2 is 2.05 bits per heavy atom. The first-order valence-corrected chi connectivity index (χ1v) is 6.86. The quantitative estimate of drug-likeness (QED) is 0.805. The maximum absolute atomic E-state index is 13.7. The number of rotatable bonds is 2. The Morgan fingerprint density at radius 1 is 1.30 bits per heavy atom. The number of halogens is 2. The fourth-order valence-electron chi connectivity index (χ4n) is 1.73. The molecule has 0 unspecified atom stereocenters. The van der Waals surface area contributed by atoms with Crippen LogP contribution in [-0.2, 0) is 0 Å². The van der Waals surface area contributed by atoms with Crippen molar-refractivity contribution in [2.75, 3.05) is 5.32 Å². The van der Waals surface area contributed by atoms with Crippen LogP contribution in [0.3, 0.4) is 0 Å². The molecule has 0 aliphatic rings. The molecule has 0 aliphatic heterocycles. The summed E-state index contributed by atoms with van der Waals surface area (Å²) in [6, 6.07) is 11.2. The number of nitrogens with zero attached hydrogens (tertiary/aromatic N) is 1. The zero-order valence-electron chi connectivity index (χ0n) is 10.6. The SMILES string of the molecule is Cc1cc(I)ccc1NC(=O)c1ccc(C#N)cc1F. The minimum Gasteiger partial charge on any atom is -0.322 e. The second kappa shape index (κ2) is 6.01. The van der Waals surface area contributed by atoms with Gasteiger partial charge in [0.2, 0.25) is 0 Å². The number of aryl methyl sites for hydroxylation is 1. The normalized spacial score (nSPS) is 9.90. The Labute approximate surface area is 129 Å². The predicted molar refractivity (Wildman–Crippen MR) is 83.0 cm³/mol. The molecule has 0 bridgehead atoms. The van der Waals surface area contributed by atoms with Gasteiger partial charge in [0, 0.05) is 9.26 Å².